The second-order valence-electron chi connectivity index (χ2n) is 11.0. The second kappa shape index (κ2) is 13.2. The van der Waals surface area contributed by atoms with Crippen LogP contribution in [0.2, 0.25) is 0 Å². The van der Waals surface area contributed by atoms with Gasteiger partial charge in [-0.3, -0.25) is 4.79 Å². The minimum atomic E-state index is -4.46. The normalized spacial score (nSPS) is 13.4. The fourth-order valence-electron chi connectivity index (χ4n) is 4.67. The molecule has 0 saturated carbocycles. The molecule has 42 heavy (non-hydrogen) atoms. The summed E-state index contributed by atoms with van der Waals surface area (Å²) in [7, 11) is 0. The van der Waals surface area contributed by atoms with Gasteiger partial charge in [-0.2, -0.15) is 18.3 Å². The van der Waals surface area contributed by atoms with Gasteiger partial charge in [0, 0.05) is 12.7 Å². The van der Waals surface area contributed by atoms with E-state index in [1.54, 1.807) is 25.3 Å². The largest absolute Gasteiger partial charge is 0.466 e. The zero-order valence-corrected chi connectivity index (χ0v) is 24.2. The number of hydrogen-bond donors (Lipinski definition) is 2. The molecule has 0 amide bonds. The van der Waals surface area contributed by atoms with Gasteiger partial charge in [-0.15, -0.1) is 0 Å². The number of ether oxygens (including phenoxy) is 1. The summed E-state index contributed by atoms with van der Waals surface area (Å²) in [6.45, 7) is 9.03. The van der Waals surface area contributed by atoms with E-state index in [0.29, 0.717) is 13.2 Å². The predicted octanol–water partition coefficient (Wildman–Crippen LogP) is 7.12. The first kappa shape index (κ1) is 30.8. The first-order valence-corrected chi connectivity index (χ1v) is 13.8. The first-order valence-electron chi connectivity index (χ1n) is 13.8. The quantitative estimate of drug-likeness (QED) is 0.184. The topological polar surface area (TPSA) is 81.1 Å². The third-order valence-corrected chi connectivity index (χ3v) is 6.79. The molecule has 2 N–H and O–H groups in total. The van der Waals surface area contributed by atoms with E-state index < -0.39 is 11.7 Å². The van der Waals surface area contributed by atoms with Gasteiger partial charge < -0.3 is 15.4 Å². The van der Waals surface area contributed by atoms with E-state index in [1.165, 1.54) is 0 Å². The van der Waals surface area contributed by atoms with Gasteiger partial charge in [0.15, 0.2) is 5.82 Å². The average molecular weight is 580 g/mol. The van der Waals surface area contributed by atoms with Gasteiger partial charge in [0.2, 0.25) is 0 Å². The number of pyridine rings is 1. The fourth-order valence-corrected chi connectivity index (χ4v) is 4.67. The van der Waals surface area contributed by atoms with Crippen molar-refractivity contribution < 1.29 is 22.7 Å². The number of alkyl halides is 3. The predicted molar refractivity (Wildman–Crippen MR) is 156 cm³/mol. The number of halogens is 3. The molecule has 222 valence electrons. The van der Waals surface area contributed by atoms with Crippen molar-refractivity contribution >= 4 is 11.7 Å². The molecule has 0 radical (unpaired) electrons. The molecule has 0 aliphatic carbocycles. The summed E-state index contributed by atoms with van der Waals surface area (Å²) >= 11 is 0. The molecule has 0 spiro atoms. The highest BCUT2D eigenvalue weighted by Gasteiger charge is 2.32. The zero-order chi connectivity index (χ0) is 30.3. The second-order valence-corrected chi connectivity index (χ2v) is 11.0. The number of hydrogen-bond acceptors (Lipinski definition) is 6. The van der Waals surface area contributed by atoms with Crippen LogP contribution in [0, 0.1) is 5.41 Å². The van der Waals surface area contributed by atoms with Crippen molar-refractivity contribution in [3.8, 4) is 5.82 Å². The van der Waals surface area contributed by atoms with Gasteiger partial charge in [0.1, 0.15) is 0 Å². The van der Waals surface area contributed by atoms with Crippen molar-refractivity contribution in [1.82, 2.24) is 20.1 Å². The lowest BCUT2D eigenvalue weighted by molar-refractivity contribution is -0.143. The summed E-state index contributed by atoms with van der Waals surface area (Å²) in [5, 5.41) is 10.8. The van der Waals surface area contributed by atoms with Gasteiger partial charge in [0.25, 0.3) is 0 Å². The molecule has 2 aromatic heterocycles. The molecule has 2 aromatic carbocycles. The van der Waals surface area contributed by atoms with Crippen LogP contribution in [0.25, 0.3) is 5.82 Å². The van der Waals surface area contributed by atoms with Gasteiger partial charge in [-0.05, 0) is 41.2 Å². The molecule has 0 saturated heterocycles. The average Bonchev–Trinajstić information content (AvgIpc) is 3.46. The van der Waals surface area contributed by atoms with Crippen LogP contribution in [-0.4, -0.2) is 33.9 Å². The Balaban J connectivity index is 1.51. The molecular weight excluding hydrogens is 543 g/mol. The van der Waals surface area contributed by atoms with Gasteiger partial charge in [-0.25, -0.2) is 9.67 Å². The number of anilines is 1. The Morgan fingerprint density at radius 1 is 0.929 bits per heavy atom. The first-order chi connectivity index (χ1) is 20.0. The third-order valence-electron chi connectivity index (χ3n) is 6.79. The van der Waals surface area contributed by atoms with Crippen molar-refractivity contribution in [3.63, 3.8) is 0 Å². The van der Waals surface area contributed by atoms with Crippen molar-refractivity contribution in [2.45, 2.75) is 52.4 Å². The van der Waals surface area contributed by atoms with Gasteiger partial charge in [0.05, 0.1) is 48.8 Å². The molecular formula is C32H36F3N5O2. The van der Waals surface area contributed by atoms with Crippen molar-refractivity contribution in [2.75, 3.05) is 18.5 Å². The molecule has 7 nitrogen and oxygen atoms in total. The van der Waals surface area contributed by atoms with Crippen LogP contribution in [0.15, 0.2) is 85.3 Å². The summed E-state index contributed by atoms with van der Waals surface area (Å²) in [5.74, 6) is 0.0552. The number of carbonyl (C=O) groups is 1. The molecule has 4 aromatic rings. The Bertz CT molecular complexity index is 1430. The van der Waals surface area contributed by atoms with Crippen molar-refractivity contribution in [2.24, 2.45) is 5.41 Å². The lowest BCUT2D eigenvalue weighted by Gasteiger charge is -2.33. The van der Waals surface area contributed by atoms with Crippen molar-refractivity contribution in [3.05, 3.63) is 108 Å². The zero-order valence-electron chi connectivity index (χ0n) is 24.2. The van der Waals surface area contributed by atoms with Crippen LogP contribution >= 0.6 is 0 Å². The molecule has 4 rings (SSSR count). The highest BCUT2D eigenvalue weighted by Crippen LogP contribution is 2.37. The van der Waals surface area contributed by atoms with E-state index in [2.05, 4.69) is 77.9 Å². The maximum absolute atomic E-state index is 13.0. The van der Waals surface area contributed by atoms with E-state index >= 15 is 0 Å². The summed E-state index contributed by atoms with van der Waals surface area (Å²) in [5.41, 5.74) is 2.94. The van der Waals surface area contributed by atoms with E-state index in [4.69, 9.17) is 4.74 Å². The molecule has 2 unspecified atom stereocenters. The number of aromatic nitrogens is 3. The van der Waals surface area contributed by atoms with Crippen LogP contribution < -0.4 is 10.6 Å². The summed E-state index contributed by atoms with van der Waals surface area (Å²) < 4.78 is 45.0. The molecule has 0 aliphatic heterocycles. The Labute approximate surface area is 244 Å². The van der Waals surface area contributed by atoms with E-state index in [-0.39, 0.29) is 35.7 Å². The lowest BCUT2D eigenvalue weighted by Crippen LogP contribution is -2.27. The highest BCUT2D eigenvalue weighted by molar-refractivity contribution is 5.69. The summed E-state index contributed by atoms with van der Waals surface area (Å²) in [6.07, 6.45) is -0.887. The van der Waals surface area contributed by atoms with E-state index in [9.17, 15) is 18.0 Å². The van der Waals surface area contributed by atoms with Crippen LogP contribution in [-0.2, 0) is 15.7 Å². The summed E-state index contributed by atoms with van der Waals surface area (Å²) in [4.78, 5) is 16.2. The van der Waals surface area contributed by atoms with E-state index in [0.717, 1.165) is 39.5 Å². The Kier molecular flexibility index (Phi) is 9.67. The molecule has 2 heterocycles. The molecule has 2 atom stereocenters. The molecule has 0 fully saturated rings. The minimum Gasteiger partial charge on any atom is -0.466 e. The number of nitrogens with zero attached hydrogens (tertiary/aromatic N) is 3. The Morgan fingerprint density at radius 3 is 2.17 bits per heavy atom. The van der Waals surface area contributed by atoms with Gasteiger partial charge >= 0.3 is 12.1 Å². The number of carbonyl (C=O) groups excluding carboxylic acids is 1. The molecule has 10 heteroatoms. The highest BCUT2D eigenvalue weighted by atomic mass is 19.4. The van der Waals surface area contributed by atoms with Crippen LogP contribution in [0.5, 0.6) is 0 Å². The Hall–Kier alpha value is -4.18. The summed E-state index contributed by atoms with van der Waals surface area (Å²) in [6, 6.07) is 21.6. The van der Waals surface area contributed by atoms with Crippen molar-refractivity contribution in [1.29, 1.82) is 0 Å². The SMILES string of the molecule is CCOC(=O)CCNC(c1ccccc1)c1ccc(C(Nc2ccc(-n3cc(C(F)(F)F)cn3)nc2)C(C)(C)C)cc1. The van der Waals surface area contributed by atoms with Crippen LogP contribution in [0.1, 0.15) is 68.5 Å². The number of esters is 1. The monoisotopic (exact) mass is 579 g/mol. The van der Waals surface area contributed by atoms with Gasteiger partial charge in [-0.1, -0.05) is 75.4 Å². The Morgan fingerprint density at radius 2 is 1.60 bits per heavy atom. The number of nitrogens with one attached hydrogen (secondary N) is 2. The minimum absolute atomic E-state index is 0.0901. The number of benzene rings is 2. The van der Waals surface area contributed by atoms with Crippen LogP contribution in [0.3, 0.4) is 0 Å². The third kappa shape index (κ3) is 7.97. The van der Waals surface area contributed by atoms with Crippen LogP contribution in [0.4, 0.5) is 18.9 Å². The fraction of sp³-hybridized carbons (Fsp3) is 0.344. The number of rotatable bonds is 11. The molecule has 0 aliphatic rings. The lowest BCUT2D eigenvalue weighted by atomic mass is 9.81. The molecule has 0 bridgehead atoms. The smallest absolute Gasteiger partial charge is 0.419 e. The van der Waals surface area contributed by atoms with E-state index in [1.807, 2.05) is 18.2 Å². The maximum Gasteiger partial charge on any atom is 0.419 e. The maximum atomic E-state index is 13.0. The standard InChI is InChI=1S/C32H36F3N5O2/c1-5-42-28(41)17-18-36-29(22-9-7-6-8-10-22)23-11-13-24(14-12-23)30(31(2,3)4)39-26-15-16-27(37-20-26)40-21-25(19-38-40)32(33,34)35/h6-16,19-21,29-30,36,39H,5,17-18H2,1-4H3.